The predicted molar refractivity (Wildman–Crippen MR) is 161 cm³/mol. The van der Waals surface area contributed by atoms with Gasteiger partial charge in [-0.05, 0) is 66.8 Å². The van der Waals surface area contributed by atoms with Gasteiger partial charge in [-0.2, -0.15) is 0 Å². The topological polar surface area (TPSA) is 146 Å². The molecule has 1 unspecified atom stereocenters. The number of benzene rings is 1. The van der Waals surface area contributed by atoms with Crippen LogP contribution in [0, 0.1) is 18.8 Å². The molecule has 4 aromatic rings. The third kappa shape index (κ3) is 6.28. The van der Waals surface area contributed by atoms with Crippen LogP contribution in [0.5, 0.6) is 0 Å². The van der Waals surface area contributed by atoms with Crippen molar-refractivity contribution in [2.75, 3.05) is 30.3 Å². The Balaban J connectivity index is 1.33. The van der Waals surface area contributed by atoms with Gasteiger partial charge in [-0.25, -0.2) is 18.4 Å². The number of nitrogens with zero attached hydrogens (tertiary/aromatic N) is 4. The SMILES string of the molecule is Cc1ccc(C(=O)NCc2cc3nc(-c4cccc(N5C[C@@H](C)C(O)[C@@H](C)C5)n4)ccc3cn2)cc1S(=O)(=O)CCO. The van der Waals surface area contributed by atoms with Crippen LogP contribution >= 0.6 is 0 Å². The molecule has 0 bridgehead atoms. The number of fused-ring (bicyclic) bond motifs is 1. The summed E-state index contributed by atoms with van der Waals surface area (Å²) >= 11 is 0. The molecule has 1 aromatic carbocycles. The maximum Gasteiger partial charge on any atom is 0.251 e. The number of anilines is 1. The summed E-state index contributed by atoms with van der Waals surface area (Å²) in [6.07, 6.45) is 1.38. The van der Waals surface area contributed by atoms with Gasteiger partial charge in [0.1, 0.15) is 5.82 Å². The van der Waals surface area contributed by atoms with Crippen molar-refractivity contribution in [3.05, 3.63) is 77.6 Å². The normalized spacial score (nSPS) is 19.2. The first-order valence-corrected chi connectivity index (χ1v) is 15.6. The number of pyridine rings is 3. The Bertz CT molecular complexity index is 1720. The fourth-order valence-electron chi connectivity index (χ4n) is 5.35. The third-order valence-electron chi connectivity index (χ3n) is 7.71. The van der Waals surface area contributed by atoms with E-state index in [0.29, 0.717) is 22.5 Å². The maximum atomic E-state index is 12.9. The fourth-order valence-corrected chi connectivity index (χ4v) is 6.68. The molecular formula is C31H35N5O5S. The highest BCUT2D eigenvalue weighted by molar-refractivity contribution is 7.91. The molecule has 220 valence electrons. The molecule has 11 heteroatoms. The van der Waals surface area contributed by atoms with E-state index in [1.807, 2.05) is 36.4 Å². The van der Waals surface area contributed by atoms with Crippen LogP contribution in [0.4, 0.5) is 5.82 Å². The summed E-state index contributed by atoms with van der Waals surface area (Å²) in [5.74, 6) is 0.305. The number of amides is 1. The molecule has 4 heterocycles. The Morgan fingerprint density at radius 3 is 2.50 bits per heavy atom. The zero-order valence-corrected chi connectivity index (χ0v) is 24.7. The van der Waals surface area contributed by atoms with Gasteiger partial charge in [0.05, 0.1) is 52.5 Å². The van der Waals surface area contributed by atoms with E-state index in [9.17, 15) is 18.3 Å². The van der Waals surface area contributed by atoms with E-state index in [0.717, 1.165) is 30.0 Å². The minimum Gasteiger partial charge on any atom is -0.395 e. The molecule has 3 N–H and O–H groups in total. The second-order valence-corrected chi connectivity index (χ2v) is 13.1. The number of carbonyl (C=O) groups excluding carboxylic acids is 1. The van der Waals surface area contributed by atoms with Crippen LogP contribution < -0.4 is 10.2 Å². The first-order valence-electron chi connectivity index (χ1n) is 13.9. The monoisotopic (exact) mass is 589 g/mol. The van der Waals surface area contributed by atoms with Crippen molar-refractivity contribution in [1.82, 2.24) is 20.3 Å². The number of aryl methyl sites for hydroxylation is 1. The Labute approximate surface area is 245 Å². The number of sulfone groups is 1. The lowest BCUT2D eigenvalue weighted by Crippen LogP contribution is -2.47. The number of piperidine rings is 1. The van der Waals surface area contributed by atoms with Crippen LogP contribution in [-0.4, -0.2) is 71.0 Å². The molecule has 1 aliphatic heterocycles. The van der Waals surface area contributed by atoms with Gasteiger partial charge in [0.25, 0.3) is 5.91 Å². The smallest absolute Gasteiger partial charge is 0.251 e. The molecule has 0 aliphatic carbocycles. The summed E-state index contributed by atoms with van der Waals surface area (Å²) in [6.45, 7) is 6.85. The molecule has 10 nitrogen and oxygen atoms in total. The van der Waals surface area contributed by atoms with Crippen molar-refractivity contribution in [1.29, 1.82) is 0 Å². The third-order valence-corrected chi connectivity index (χ3v) is 9.54. The first kappa shape index (κ1) is 29.6. The molecule has 0 radical (unpaired) electrons. The minimum absolute atomic E-state index is 0.0318. The molecule has 3 atom stereocenters. The summed E-state index contributed by atoms with van der Waals surface area (Å²) in [5, 5.41) is 23.1. The lowest BCUT2D eigenvalue weighted by molar-refractivity contribution is 0.0527. The quantitative estimate of drug-likeness (QED) is 0.282. The highest BCUT2D eigenvalue weighted by atomic mass is 32.2. The number of aliphatic hydroxyl groups excluding tert-OH is 2. The van der Waals surface area contributed by atoms with Gasteiger partial charge in [-0.3, -0.25) is 9.78 Å². The fraction of sp³-hybridized carbons (Fsp3) is 0.355. The van der Waals surface area contributed by atoms with E-state index < -0.39 is 28.1 Å². The Hall–Kier alpha value is -3.93. The zero-order valence-electron chi connectivity index (χ0n) is 23.9. The zero-order chi connectivity index (χ0) is 30.0. The number of carbonyl (C=O) groups is 1. The van der Waals surface area contributed by atoms with Gasteiger partial charge >= 0.3 is 0 Å². The Kier molecular flexibility index (Phi) is 8.53. The van der Waals surface area contributed by atoms with Crippen molar-refractivity contribution >= 4 is 32.5 Å². The molecule has 1 aliphatic rings. The highest BCUT2D eigenvalue weighted by Crippen LogP contribution is 2.28. The van der Waals surface area contributed by atoms with Crippen LogP contribution in [0.1, 0.15) is 35.5 Å². The van der Waals surface area contributed by atoms with E-state index >= 15 is 0 Å². The lowest BCUT2D eigenvalue weighted by Gasteiger charge is -2.39. The molecule has 3 aromatic heterocycles. The van der Waals surface area contributed by atoms with E-state index in [-0.39, 0.29) is 34.9 Å². The van der Waals surface area contributed by atoms with Gasteiger partial charge in [-0.1, -0.05) is 26.0 Å². The highest BCUT2D eigenvalue weighted by Gasteiger charge is 2.31. The van der Waals surface area contributed by atoms with Crippen LogP contribution in [0.25, 0.3) is 22.3 Å². The number of nitrogens with one attached hydrogen (secondary N) is 1. The van der Waals surface area contributed by atoms with Gasteiger partial charge in [-0.15, -0.1) is 0 Å². The minimum atomic E-state index is -3.70. The number of rotatable bonds is 8. The summed E-state index contributed by atoms with van der Waals surface area (Å²) in [4.78, 5) is 29.2. The second kappa shape index (κ2) is 12.1. The van der Waals surface area contributed by atoms with Crippen LogP contribution in [0.2, 0.25) is 0 Å². The van der Waals surface area contributed by atoms with Gasteiger partial charge in [0.2, 0.25) is 0 Å². The van der Waals surface area contributed by atoms with Crippen molar-refractivity contribution < 1.29 is 23.4 Å². The largest absolute Gasteiger partial charge is 0.395 e. The number of aromatic nitrogens is 3. The van der Waals surface area contributed by atoms with Crippen LogP contribution in [0.3, 0.4) is 0 Å². The van der Waals surface area contributed by atoms with Crippen molar-refractivity contribution in [3.63, 3.8) is 0 Å². The molecule has 42 heavy (non-hydrogen) atoms. The van der Waals surface area contributed by atoms with Gasteiger partial charge in [0, 0.05) is 30.2 Å². The number of hydrogen-bond acceptors (Lipinski definition) is 9. The van der Waals surface area contributed by atoms with E-state index in [2.05, 4.69) is 29.0 Å². The molecule has 5 rings (SSSR count). The van der Waals surface area contributed by atoms with Crippen molar-refractivity contribution in [2.24, 2.45) is 11.8 Å². The Morgan fingerprint density at radius 1 is 1.02 bits per heavy atom. The summed E-state index contributed by atoms with van der Waals surface area (Å²) in [5.41, 5.74) is 3.46. The van der Waals surface area contributed by atoms with Crippen LogP contribution in [-0.2, 0) is 16.4 Å². The summed E-state index contributed by atoms with van der Waals surface area (Å²) in [7, 11) is -3.70. The standard InChI is InChI=1S/C31H35N5O5S/c1-19-7-8-22(13-28(19)42(40,41)12-11-37)31(39)33-16-24-14-27-23(15-32-24)9-10-26(34-27)25-5-4-6-29(35-25)36-17-20(2)30(38)21(3)18-36/h4-10,13-15,20-21,30,37-38H,11-12,16-18H2,1-3H3,(H,33,39)/t20-,21+,30?. The molecule has 0 spiro atoms. The average molecular weight is 590 g/mol. The number of aliphatic hydroxyl groups is 2. The van der Waals surface area contributed by atoms with E-state index in [1.165, 1.54) is 6.07 Å². The maximum absolute atomic E-state index is 12.9. The average Bonchev–Trinajstić information content (AvgIpc) is 2.98. The second-order valence-electron chi connectivity index (χ2n) is 11.0. The van der Waals surface area contributed by atoms with Crippen molar-refractivity contribution in [3.8, 4) is 11.4 Å². The van der Waals surface area contributed by atoms with E-state index in [4.69, 9.17) is 15.1 Å². The van der Waals surface area contributed by atoms with E-state index in [1.54, 1.807) is 25.3 Å². The van der Waals surface area contributed by atoms with Crippen molar-refractivity contribution in [2.45, 2.75) is 38.3 Å². The van der Waals surface area contributed by atoms with Gasteiger partial charge in [0.15, 0.2) is 9.84 Å². The summed E-state index contributed by atoms with van der Waals surface area (Å²) < 4.78 is 24.9. The Morgan fingerprint density at radius 2 is 1.76 bits per heavy atom. The lowest BCUT2D eigenvalue weighted by atomic mass is 9.88. The van der Waals surface area contributed by atoms with Crippen LogP contribution in [0.15, 0.2) is 65.7 Å². The summed E-state index contributed by atoms with van der Waals surface area (Å²) in [6, 6.07) is 16.0. The predicted octanol–water partition coefficient (Wildman–Crippen LogP) is 3.15. The number of hydrogen-bond donors (Lipinski definition) is 3. The first-order chi connectivity index (χ1) is 20.1. The molecular weight excluding hydrogens is 554 g/mol. The molecule has 1 amide bonds. The molecule has 0 saturated carbocycles. The van der Waals surface area contributed by atoms with Gasteiger partial charge < -0.3 is 20.4 Å². The molecule has 1 saturated heterocycles. The molecule has 1 fully saturated rings.